The van der Waals surface area contributed by atoms with Gasteiger partial charge in [-0.2, -0.15) is 0 Å². The minimum absolute atomic E-state index is 0.102. The van der Waals surface area contributed by atoms with E-state index in [4.69, 9.17) is 39.5 Å². The molecule has 2 nitrogen and oxygen atoms in total. The number of hydrogen-bond acceptors (Lipinski definition) is 2. The van der Waals surface area contributed by atoms with Gasteiger partial charge in [0.15, 0.2) is 0 Å². The van der Waals surface area contributed by atoms with Crippen LogP contribution in [0.3, 0.4) is 0 Å². The molecule has 1 heterocycles. The minimum atomic E-state index is -1.64. The molecule has 1 aromatic rings. The molecule has 0 saturated carbocycles. The van der Waals surface area contributed by atoms with Gasteiger partial charge < -0.3 is 4.74 Å². The summed E-state index contributed by atoms with van der Waals surface area (Å²) in [6.45, 7) is 3.74. The van der Waals surface area contributed by atoms with Crippen LogP contribution in [0, 0.1) is 0 Å². The largest absolute Gasteiger partial charge is 0.470 e. The normalized spacial score (nSPS) is 24.1. The van der Waals surface area contributed by atoms with Crippen molar-refractivity contribution in [3.05, 3.63) is 48.6 Å². The molecule has 0 unspecified atom stereocenters. The first-order chi connectivity index (χ1) is 8.50. The molecule has 0 N–H and O–H groups in total. The van der Waals surface area contributed by atoms with E-state index in [0.717, 1.165) is 5.56 Å². The van der Waals surface area contributed by atoms with E-state index in [0.29, 0.717) is 6.42 Å². The lowest BCUT2D eigenvalue weighted by atomic mass is 10.0. The predicted octanol–water partition coefficient (Wildman–Crippen LogP) is 4.47. The highest BCUT2D eigenvalue weighted by molar-refractivity contribution is 6.76. The third-order valence-corrected chi connectivity index (χ3v) is 3.16. The van der Waals surface area contributed by atoms with Gasteiger partial charge in [-0.3, -0.25) is 0 Å². The second-order valence-electron chi connectivity index (χ2n) is 3.99. The van der Waals surface area contributed by atoms with Crippen molar-refractivity contribution in [1.29, 1.82) is 0 Å². The summed E-state index contributed by atoms with van der Waals surface area (Å²) in [6.07, 6.45) is 2.25. The Bertz CT molecular complexity index is 453. The Labute approximate surface area is 121 Å². The monoisotopic (exact) mass is 303 g/mol. The van der Waals surface area contributed by atoms with Crippen molar-refractivity contribution in [1.82, 2.24) is 0 Å². The van der Waals surface area contributed by atoms with Crippen molar-refractivity contribution in [2.24, 2.45) is 4.99 Å². The fourth-order valence-electron chi connectivity index (χ4n) is 1.80. The third-order valence-electron chi connectivity index (χ3n) is 2.68. The highest BCUT2D eigenvalue weighted by Crippen LogP contribution is 2.36. The fourth-order valence-corrected chi connectivity index (χ4v) is 2.08. The number of rotatable bonds is 2. The van der Waals surface area contributed by atoms with Gasteiger partial charge in [-0.25, -0.2) is 4.99 Å². The van der Waals surface area contributed by atoms with Gasteiger partial charge in [0.2, 0.25) is 5.90 Å². The fraction of sp³-hybridized carbons (Fsp3) is 0.308. The average molecular weight is 305 g/mol. The van der Waals surface area contributed by atoms with Crippen LogP contribution in [0.1, 0.15) is 18.1 Å². The molecule has 0 spiro atoms. The molecular weight excluding hydrogens is 293 g/mol. The zero-order valence-electron chi connectivity index (χ0n) is 9.52. The highest BCUT2D eigenvalue weighted by Gasteiger charge is 2.36. The number of halogens is 3. The second-order valence-corrected chi connectivity index (χ2v) is 6.27. The van der Waals surface area contributed by atoms with Crippen molar-refractivity contribution < 1.29 is 4.74 Å². The van der Waals surface area contributed by atoms with Gasteiger partial charge in [-0.1, -0.05) is 71.2 Å². The van der Waals surface area contributed by atoms with E-state index < -0.39 is 3.79 Å². The number of benzene rings is 1. The van der Waals surface area contributed by atoms with E-state index in [9.17, 15) is 0 Å². The van der Waals surface area contributed by atoms with E-state index >= 15 is 0 Å². The van der Waals surface area contributed by atoms with Crippen LogP contribution in [0.15, 0.2) is 48.0 Å². The quantitative estimate of drug-likeness (QED) is 0.583. The van der Waals surface area contributed by atoms with Crippen LogP contribution in [-0.2, 0) is 4.74 Å². The van der Waals surface area contributed by atoms with Crippen LogP contribution in [0.5, 0.6) is 0 Å². The first-order valence-corrected chi connectivity index (χ1v) is 6.63. The smallest absolute Gasteiger partial charge is 0.266 e. The molecule has 2 atom stereocenters. The van der Waals surface area contributed by atoms with Crippen LogP contribution >= 0.6 is 34.8 Å². The highest BCUT2D eigenvalue weighted by atomic mass is 35.6. The average Bonchev–Trinajstić information content (AvgIpc) is 2.38. The summed E-state index contributed by atoms with van der Waals surface area (Å²) < 4.78 is 4.03. The van der Waals surface area contributed by atoms with Gasteiger partial charge >= 0.3 is 0 Å². The van der Waals surface area contributed by atoms with E-state index in [-0.39, 0.29) is 18.0 Å². The van der Waals surface area contributed by atoms with Crippen molar-refractivity contribution >= 4 is 40.7 Å². The van der Waals surface area contributed by atoms with Crippen molar-refractivity contribution in [2.75, 3.05) is 0 Å². The molecule has 0 radical (unpaired) electrons. The number of nitrogens with zero attached hydrogens (tertiary/aromatic N) is 1. The minimum Gasteiger partial charge on any atom is -0.470 e. The van der Waals surface area contributed by atoms with Crippen LogP contribution in [0.2, 0.25) is 0 Å². The zero-order valence-corrected chi connectivity index (χ0v) is 11.8. The molecule has 1 aliphatic heterocycles. The van der Waals surface area contributed by atoms with Crippen LogP contribution < -0.4 is 0 Å². The van der Waals surface area contributed by atoms with Crippen LogP contribution in [0.4, 0.5) is 0 Å². The molecule has 1 aliphatic rings. The Kier molecular flexibility index (Phi) is 4.21. The predicted molar refractivity (Wildman–Crippen MR) is 76.6 cm³/mol. The summed E-state index contributed by atoms with van der Waals surface area (Å²) in [5, 5.41) is 0. The summed E-state index contributed by atoms with van der Waals surface area (Å²) >= 11 is 17.5. The lowest BCUT2D eigenvalue weighted by Crippen LogP contribution is -2.31. The summed E-state index contributed by atoms with van der Waals surface area (Å²) in [4.78, 5) is 4.23. The Morgan fingerprint density at radius 3 is 2.50 bits per heavy atom. The SMILES string of the molecule is C=C[C@@H]1C[C@H](c2ccccc2)OC(C(Cl)(Cl)Cl)=N1. The topological polar surface area (TPSA) is 21.6 Å². The van der Waals surface area contributed by atoms with Gasteiger partial charge in [-0.15, -0.1) is 6.58 Å². The molecule has 0 saturated heterocycles. The first-order valence-electron chi connectivity index (χ1n) is 5.50. The summed E-state index contributed by atoms with van der Waals surface area (Å²) in [5.41, 5.74) is 1.03. The third kappa shape index (κ3) is 3.19. The van der Waals surface area contributed by atoms with Gasteiger partial charge in [0, 0.05) is 6.42 Å². The Balaban J connectivity index is 2.27. The van der Waals surface area contributed by atoms with Crippen LogP contribution in [0.25, 0.3) is 0 Å². The van der Waals surface area contributed by atoms with Gasteiger partial charge in [0.1, 0.15) is 6.10 Å². The maximum atomic E-state index is 5.83. The Hall–Kier alpha value is -0.700. The lowest BCUT2D eigenvalue weighted by Gasteiger charge is -2.30. The van der Waals surface area contributed by atoms with Crippen molar-refractivity contribution in [3.63, 3.8) is 0 Å². The van der Waals surface area contributed by atoms with E-state index in [1.807, 2.05) is 30.3 Å². The standard InChI is InChI=1S/C13H12Cl3NO/c1-2-10-8-11(9-6-4-3-5-7-9)18-12(17-10)13(14,15)16/h2-7,10-11H,1,8H2/t10-,11-/m1/s1. The first kappa shape index (κ1) is 13.7. The van der Waals surface area contributed by atoms with E-state index in [2.05, 4.69) is 11.6 Å². The summed E-state index contributed by atoms with van der Waals surface area (Å²) in [6, 6.07) is 9.69. The number of hydrogen-bond donors (Lipinski definition) is 0. The number of aliphatic imine (C=N–C) groups is 1. The number of alkyl halides is 3. The summed E-state index contributed by atoms with van der Waals surface area (Å²) in [5.74, 6) is 0.123. The van der Waals surface area contributed by atoms with E-state index in [1.165, 1.54) is 0 Å². The molecule has 96 valence electrons. The Morgan fingerprint density at radius 1 is 1.28 bits per heavy atom. The summed E-state index contributed by atoms with van der Waals surface area (Å²) in [7, 11) is 0. The molecule has 2 rings (SSSR count). The van der Waals surface area contributed by atoms with Crippen LogP contribution in [-0.4, -0.2) is 15.7 Å². The second kappa shape index (κ2) is 5.52. The maximum Gasteiger partial charge on any atom is 0.266 e. The molecule has 0 fully saturated rings. The van der Waals surface area contributed by atoms with Crippen molar-refractivity contribution in [3.8, 4) is 0 Å². The van der Waals surface area contributed by atoms with Gasteiger partial charge in [-0.05, 0) is 5.56 Å². The molecule has 5 heteroatoms. The zero-order chi connectivity index (χ0) is 13.2. The lowest BCUT2D eigenvalue weighted by molar-refractivity contribution is 0.155. The maximum absolute atomic E-state index is 5.83. The Morgan fingerprint density at radius 2 is 1.94 bits per heavy atom. The molecule has 1 aromatic carbocycles. The molecule has 18 heavy (non-hydrogen) atoms. The molecule has 0 aromatic heterocycles. The molecular formula is C13H12Cl3NO. The molecule has 0 bridgehead atoms. The van der Waals surface area contributed by atoms with Gasteiger partial charge in [0.25, 0.3) is 3.79 Å². The van der Waals surface area contributed by atoms with Gasteiger partial charge in [0.05, 0.1) is 6.04 Å². The number of ether oxygens (including phenoxy) is 1. The molecule has 0 amide bonds. The van der Waals surface area contributed by atoms with Crippen molar-refractivity contribution in [2.45, 2.75) is 22.4 Å². The van der Waals surface area contributed by atoms with E-state index in [1.54, 1.807) is 6.08 Å². The molecule has 0 aliphatic carbocycles.